The average Bonchev–Trinajstić information content (AvgIpc) is 3.46. The second-order valence-electron chi connectivity index (χ2n) is 8.02. The third-order valence-electron chi connectivity index (χ3n) is 6.10. The summed E-state index contributed by atoms with van der Waals surface area (Å²) in [6.07, 6.45) is 2.33. The van der Waals surface area contributed by atoms with E-state index < -0.39 is 11.6 Å². The number of anilines is 1. The van der Waals surface area contributed by atoms with Crippen LogP contribution in [0.5, 0.6) is 0 Å². The highest BCUT2D eigenvalue weighted by molar-refractivity contribution is 6.07. The molecule has 0 radical (unpaired) electrons. The van der Waals surface area contributed by atoms with E-state index in [1.54, 1.807) is 11.0 Å². The van der Waals surface area contributed by atoms with Gasteiger partial charge in [0, 0.05) is 37.8 Å². The van der Waals surface area contributed by atoms with Crippen LogP contribution in [0.15, 0.2) is 24.3 Å². The number of amides is 4. The highest BCUT2D eigenvalue weighted by Crippen LogP contribution is 2.43. The summed E-state index contributed by atoms with van der Waals surface area (Å²) in [5.74, 6) is -0.474. The SMILES string of the molecule is CC1CN(C(=O)CCC2(C3CC3)NC(=O)NC2=O)CCN1c1cccc(F)c1. The van der Waals surface area contributed by atoms with E-state index in [1.165, 1.54) is 12.1 Å². The summed E-state index contributed by atoms with van der Waals surface area (Å²) in [6.45, 7) is 3.74. The van der Waals surface area contributed by atoms with E-state index in [0.29, 0.717) is 26.1 Å². The molecule has 2 aliphatic heterocycles. The fourth-order valence-electron chi connectivity index (χ4n) is 4.43. The summed E-state index contributed by atoms with van der Waals surface area (Å²) in [5.41, 5.74) is -0.112. The fourth-order valence-corrected chi connectivity index (χ4v) is 4.43. The molecule has 1 saturated carbocycles. The first kappa shape index (κ1) is 18.7. The number of carbonyl (C=O) groups is 3. The number of halogens is 1. The van der Waals surface area contributed by atoms with Gasteiger partial charge in [-0.15, -0.1) is 0 Å². The number of carbonyl (C=O) groups excluding carboxylic acids is 3. The van der Waals surface area contributed by atoms with Crippen molar-refractivity contribution in [3.8, 4) is 0 Å². The third kappa shape index (κ3) is 3.43. The van der Waals surface area contributed by atoms with E-state index in [1.807, 2.05) is 13.0 Å². The molecule has 7 nitrogen and oxygen atoms in total. The molecule has 3 fully saturated rings. The Morgan fingerprint density at radius 2 is 2.07 bits per heavy atom. The normalized spacial score (nSPS) is 27.6. The van der Waals surface area contributed by atoms with Gasteiger partial charge in [0.1, 0.15) is 11.4 Å². The highest BCUT2D eigenvalue weighted by Gasteiger charge is 2.55. The topological polar surface area (TPSA) is 81.8 Å². The van der Waals surface area contributed by atoms with Gasteiger partial charge in [-0.1, -0.05) is 6.07 Å². The largest absolute Gasteiger partial charge is 0.365 e. The zero-order chi connectivity index (χ0) is 19.9. The van der Waals surface area contributed by atoms with Gasteiger partial charge in [-0.05, 0) is 50.3 Å². The Bertz CT molecular complexity index is 812. The van der Waals surface area contributed by atoms with Gasteiger partial charge in [-0.3, -0.25) is 14.9 Å². The van der Waals surface area contributed by atoms with Crippen LogP contribution in [0.4, 0.5) is 14.9 Å². The van der Waals surface area contributed by atoms with Crippen LogP contribution in [0.25, 0.3) is 0 Å². The fraction of sp³-hybridized carbons (Fsp3) is 0.550. The van der Waals surface area contributed by atoms with Gasteiger partial charge in [0.2, 0.25) is 5.91 Å². The Labute approximate surface area is 163 Å². The Morgan fingerprint density at radius 3 is 2.68 bits per heavy atom. The molecule has 1 aromatic carbocycles. The summed E-state index contributed by atoms with van der Waals surface area (Å²) < 4.78 is 13.5. The van der Waals surface area contributed by atoms with Gasteiger partial charge in [0.25, 0.3) is 5.91 Å². The van der Waals surface area contributed by atoms with E-state index >= 15 is 0 Å². The molecule has 2 saturated heterocycles. The van der Waals surface area contributed by atoms with Gasteiger partial charge >= 0.3 is 6.03 Å². The Balaban J connectivity index is 1.36. The number of nitrogens with zero attached hydrogens (tertiary/aromatic N) is 2. The first-order valence-electron chi connectivity index (χ1n) is 9.82. The van der Waals surface area contributed by atoms with Crippen molar-refractivity contribution >= 4 is 23.5 Å². The molecule has 4 rings (SSSR count). The van der Waals surface area contributed by atoms with Crippen LogP contribution in [0, 0.1) is 11.7 Å². The van der Waals surface area contributed by atoms with Crippen LogP contribution in [0.2, 0.25) is 0 Å². The second kappa shape index (κ2) is 7.07. The molecule has 0 aromatic heterocycles. The van der Waals surface area contributed by atoms with Crippen molar-refractivity contribution in [1.29, 1.82) is 0 Å². The smallest absolute Gasteiger partial charge is 0.322 e. The van der Waals surface area contributed by atoms with Crippen molar-refractivity contribution in [2.24, 2.45) is 5.92 Å². The summed E-state index contributed by atoms with van der Waals surface area (Å²) in [6, 6.07) is 6.08. The van der Waals surface area contributed by atoms with Gasteiger partial charge in [-0.25, -0.2) is 9.18 Å². The summed E-state index contributed by atoms with van der Waals surface area (Å²) in [4.78, 5) is 40.6. The maximum atomic E-state index is 13.5. The molecule has 2 heterocycles. The second-order valence-corrected chi connectivity index (χ2v) is 8.02. The molecule has 0 bridgehead atoms. The molecule has 1 aromatic rings. The Kier molecular flexibility index (Phi) is 4.72. The summed E-state index contributed by atoms with van der Waals surface area (Å²) >= 11 is 0. The van der Waals surface area contributed by atoms with Crippen molar-refractivity contribution in [2.75, 3.05) is 24.5 Å². The maximum Gasteiger partial charge on any atom is 0.322 e. The lowest BCUT2D eigenvalue weighted by Crippen LogP contribution is -2.54. The first-order valence-corrected chi connectivity index (χ1v) is 9.82. The van der Waals surface area contributed by atoms with Crippen LogP contribution in [-0.4, -0.2) is 54.0 Å². The molecule has 2 unspecified atom stereocenters. The minimum atomic E-state index is -0.929. The zero-order valence-electron chi connectivity index (χ0n) is 15.9. The van der Waals surface area contributed by atoms with E-state index in [-0.39, 0.29) is 36.0 Å². The number of imide groups is 1. The van der Waals surface area contributed by atoms with Crippen LogP contribution >= 0.6 is 0 Å². The van der Waals surface area contributed by atoms with Crippen LogP contribution in [0.3, 0.4) is 0 Å². The van der Waals surface area contributed by atoms with Crippen molar-refractivity contribution < 1.29 is 18.8 Å². The first-order chi connectivity index (χ1) is 13.4. The van der Waals surface area contributed by atoms with Crippen molar-refractivity contribution in [3.05, 3.63) is 30.1 Å². The van der Waals surface area contributed by atoms with Crippen LogP contribution in [0.1, 0.15) is 32.6 Å². The molecule has 2 N–H and O–H groups in total. The number of benzene rings is 1. The van der Waals surface area contributed by atoms with E-state index in [9.17, 15) is 18.8 Å². The number of hydrogen-bond donors (Lipinski definition) is 2. The lowest BCUT2D eigenvalue weighted by molar-refractivity contribution is -0.133. The molecular weight excluding hydrogens is 363 g/mol. The Hall–Kier alpha value is -2.64. The molecule has 150 valence electrons. The predicted molar refractivity (Wildman–Crippen MR) is 101 cm³/mol. The van der Waals surface area contributed by atoms with Crippen molar-refractivity contribution in [2.45, 2.75) is 44.2 Å². The third-order valence-corrected chi connectivity index (χ3v) is 6.10. The number of hydrogen-bond acceptors (Lipinski definition) is 4. The molecule has 4 amide bonds. The van der Waals surface area contributed by atoms with Crippen LogP contribution in [-0.2, 0) is 9.59 Å². The summed E-state index contributed by atoms with van der Waals surface area (Å²) in [7, 11) is 0. The number of piperazine rings is 1. The molecule has 28 heavy (non-hydrogen) atoms. The van der Waals surface area contributed by atoms with Gasteiger partial charge in [0.15, 0.2) is 0 Å². The quantitative estimate of drug-likeness (QED) is 0.752. The standard InChI is InChI=1S/C20H25FN4O3/c1-13-12-24(9-10-25(13)16-4-2-3-15(21)11-16)17(26)7-8-20(14-5-6-14)18(27)22-19(28)23-20/h2-4,11,13-14H,5-10,12H2,1H3,(H2,22,23,27,28). The zero-order valence-corrected chi connectivity index (χ0v) is 15.9. The monoisotopic (exact) mass is 388 g/mol. The Morgan fingerprint density at radius 1 is 1.29 bits per heavy atom. The van der Waals surface area contributed by atoms with Gasteiger partial charge < -0.3 is 15.1 Å². The van der Waals surface area contributed by atoms with E-state index in [0.717, 1.165) is 18.5 Å². The number of urea groups is 1. The lowest BCUT2D eigenvalue weighted by Gasteiger charge is -2.41. The maximum absolute atomic E-state index is 13.5. The summed E-state index contributed by atoms with van der Waals surface area (Å²) in [5, 5.41) is 5.08. The number of nitrogens with one attached hydrogen (secondary N) is 2. The van der Waals surface area contributed by atoms with Gasteiger partial charge in [0.05, 0.1) is 0 Å². The minimum absolute atomic E-state index is 0.0142. The highest BCUT2D eigenvalue weighted by atomic mass is 19.1. The molecule has 0 spiro atoms. The molecule has 8 heteroatoms. The molecule has 1 aliphatic carbocycles. The minimum Gasteiger partial charge on any atom is -0.365 e. The van der Waals surface area contributed by atoms with Gasteiger partial charge in [-0.2, -0.15) is 0 Å². The number of rotatable bonds is 5. The average molecular weight is 388 g/mol. The molecule has 2 atom stereocenters. The molecular formula is C20H25FN4O3. The lowest BCUT2D eigenvalue weighted by atomic mass is 9.87. The van der Waals surface area contributed by atoms with E-state index in [4.69, 9.17) is 0 Å². The van der Waals surface area contributed by atoms with Crippen molar-refractivity contribution in [3.63, 3.8) is 0 Å². The van der Waals surface area contributed by atoms with E-state index in [2.05, 4.69) is 15.5 Å². The van der Waals surface area contributed by atoms with Crippen molar-refractivity contribution in [1.82, 2.24) is 15.5 Å². The molecule has 3 aliphatic rings. The predicted octanol–water partition coefficient (Wildman–Crippen LogP) is 1.63. The van der Waals surface area contributed by atoms with Crippen LogP contribution < -0.4 is 15.5 Å².